The number of hydrogen-bond donors (Lipinski definition) is 1. The molecule has 1 aromatic carbocycles. The molecule has 0 aliphatic rings. The van der Waals surface area contributed by atoms with Gasteiger partial charge in [0.15, 0.2) is 0 Å². The monoisotopic (exact) mass is 293 g/mol. The topological polar surface area (TPSA) is 59.4 Å². The van der Waals surface area contributed by atoms with Gasteiger partial charge >= 0.3 is 0 Å². The van der Waals surface area contributed by atoms with Gasteiger partial charge in [-0.25, -0.2) is 9.67 Å². The van der Waals surface area contributed by atoms with Crippen molar-refractivity contribution in [3.05, 3.63) is 40.9 Å². The standard InChI is InChI=1S/C12H9Cl2N5/c1-19-8(6-15-18-19)5-9(14)12-16-10-3-2-7(13)4-11(10)17-12/h2-6H,1H3,(H,16,17). The third kappa shape index (κ3) is 2.34. The molecule has 3 aromatic rings. The summed E-state index contributed by atoms with van der Waals surface area (Å²) in [5.41, 5.74) is 2.45. The van der Waals surface area contributed by atoms with E-state index in [1.165, 1.54) is 0 Å². The summed E-state index contributed by atoms with van der Waals surface area (Å²) in [7, 11) is 1.79. The fourth-order valence-corrected chi connectivity index (χ4v) is 2.09. The molecule has 0 amide bonds. The Kier molecular flexibility index (Phi) is 3.00. The molecular formula is C12H9Cl2N5. The van der Waals surface area contributed by atoms with Gasteiger partial charge in [0.25, 0.3) is 0 Å². The number of H-pyrrole nitrogens is 1. The third-order valence-corrected chi connectivity index (χ3v) is 3.22. The summed E-state index contributed by atoms with van der Waals surface area (Å²) in [6.45, 7) is 0. The number of rotatable bonds is 2. The van der Waals surface area contributed by atoms with Crippen LogP contribution in [0.5, 0.6) is 0 Å². The quantitative estimate of drug-likeness (QED) is 0.790. The molecule has 19 heavy (non-hydrogen) atoms. The lowest BCUT2D eigenvalue weighted by Crippen LogP contribution is -1.93. The van der Waals surface area contributed by atoms with Crippen LogP contribution in [-0.2, 0) is 7.05 Å². The maximum Gasteiger partial charge on any atom is 0.150 e. The Bertz CT molecular complexity index is 771. The highest BCUT2D eigenvalue weighted by Crippen LogP contribution is 2.23. The number of nitrogens with zero attached hydrogens (tertiary/aromatic N) is 4. The van der Waals surface area contributed by atoms with Crippen LogP contribution in [-0.4, -0.2) is 25.0 Å². The Balaban J connectivity index is 2.04. The maximum absolute atomic E-state index is 6.25. The first-order valence-electron chi connectivity index (χ1n) is 5.51. The average Bonchev–Trinajstić information content (AvgIpc) is 2.96. The Morgan fingerprint density at radius 1 is 1.42 bits per heavy atom. The van der Waals surface area contributed by atoms with Gasteiger partial charge in [-0.2, -0.15) is 0 Å². The smallest absolute Gasteiger partial charge is 0.150 e. The molecule has 0 saturated carbocycles. The van der Waals surface area contributed by atoms with E-state index in [-0.39, 0.29) is 0 Å². The van der Waals surface area contributed by atoms with Gasteiger partial charge in [0.1, 0.15) is 5.82 Å². The van der Waals surface area contributed by atoms with Gasteiger partial charge in [-0.05, 0) is 24.3 Å². The summed E-state index contributed by atoms with van der Waals surface area (Å²) in [6.07, 6.45) is 3.38. The van der Waals surface area contributed by atoms with Crippen molar-refractivity contribution in [2.45, 2.75) is 0 Å². The second-order valence-electron chi connectivity index (χ2n) is 4.02. The lowest BCUT2D eigenvalue weighted by Gasteiger charge is -1.94. The molecule has 2 aromatic heterocycles. The predicted molar refractivity (Wildman–Crippen MR) is 75.8 cm³/mol. The molecule has 1 N–H and O–H groups in total. The Hall–Kier alpha value is -1.85. The zero-order valence-electron chi connectivity index (χ0n) is 9.93. The molecule has 0 spiro atoms. The molecule has 7 heteroatoms. The van der Waals surface area contributed by atoms with Crippen LogP contribution in [0.2, 0.25) is 5.02 Å². The van der Waals surface area contributed by atoms with E-state index in [0.29, 0.717) is 15.9 Å². The summed E-state index contributed by atoms with van der Waals surface area (Å²) in [4.78, 5) is 7.52. The molecule has 0 saturated heterocycles. The Labute approximate surface area is 118 Å². The second-order valence-corrected chi connectivity index (χ2v) is 4.87. The second kappa shape index (κ2) is 4.68. The van der Waals surface area contributed by atoms with E-state index >= 15 is 0 Å². The molecule has 96 valence electrons. The van der Waals surface area contributed by atoms with E-state index in [2.05, 4.69) is 20.3 Å². The average molecular weight is 294 g/mol. The van der Waals surface area contributed by atoms with E-state index in [0.717, 1.165) is 16.7 Å². The lowest BCUT2D eigenvalue weighted by atomic mass is 10.3. The van der Waals surface area contributed by atoms with Crippen LogP contribution in [0.25, 0.3) is 22.1 Å². The maximum atomic E-state index is 6.25. The normalized spacial score (nSPS) is 12.3. The van der Waals surface area contributed by atoms with Gasteiger partial charge in [0.05, 0.1) is 28.0 Å². The van der Waals surface area contributed by atoms with Crippen LogP contribution in [0.15, 0.2) is 24.4 Å². The number of nitrogens with one attached hydrogen (secondary N) is 1. The molecule has 0 aliphatic carbocycles. The molecule has 0 unspecified atom stereocenters. The number of benzene rings is 1. The molecular weight excluding hydrogens is 285 g/mol. The van der Waals surface area contributed by atoms with Crippen LogP contribution in [0, 0.1) is 0 Å². The molecule has 0 atom stereocenters. The number of aromatic amines is 1. The molecule has 2 heterocycles. The number of imidazole rings is 1. The van der Waals surface area contributed by atoms with Crippen LogP contribution in [0.4, 0.5) is 0 Å². The highest BCUT2D eigenvalue weighted by molar-refractivity contribution is 6.50. The van der Waals surface area contributed by atoms with Crippen molar-refractivity contribution >= 4 is 45.3 Å². The van der Waals surface area contributed by atoms with Crippen molar-refractivity contribution in [1.82, 2.24) is 25.0 Å². The third-order valence-electron chi connectivity index (χ3n) is 2.69. The minimum absolute atomic E-state index is 0.484. The van der Waals surface area contributed by atoms with Gasteiger partial charge in [-0.1, -0.05) is 28.4 Å². The summed E-state index contributed by atoms with van der Waals surface area (Å²) in [5, 5.41) is 8.75. The van der Waals surface area contributed by atoms with E-state index in [1.54, 1.807) is 30.1 Å². The van der Waals surface area contributed by atoms with Crippen LogP contribution in [0.3, 0.4) is 0 Å². The number of aryl methyl sites for hydroxylation is 1. The van der Waals surface area contributed by atoms with Crippen LogP contribution < -0.4 is 0 Å². The molecule has 0 radical (unpaired) electrons. The van der Waals surface area contributed by atoms with Gasteiger partial charge in [-0.3, -0.25) is 0 Å². The van der Waals surface area contributed by atoms with Gasteiger partial charge in [0.2, 0.25) is 0 Å². The zero-order valence-corrected chi connectivity index (χ0v) is 11.4. The first-order valence-corrected chi connectivity index (χ1v) is 6.26. The largest absolute Gasteiger partial charge is 0.337 e. The highest BCUT2D eigenvalue weighted by atomic mass is 35.5. The van der Waals surface area contributed by atoms with Crippen molar-refractivity contribution in [2.24, 2.45) is 7.05 Å². The van der Waals surface area contributed by atoms with Crippen molar-refractivity contribution in [3.8, 4) is 0 Å². The first-order chi connectivity index (χ1) is 9.13. The van der Waals surface area contributed by atoms with E-state index < -0.39 is 0 Å². The van der Waals surface area contributed by atoms with Gasteiger partial charge in [-0.15, -0.1) is 5.10 Å². The summed E-state index contributed by atoms with van der Waals surface area (Å²) < 4.78 is 1.63. The van der Waals surface area contributed by atoms with Crippen molar-refractivity contribution in [1.29, 1.82) is 0 Å². The molecule has 0 aliphatic heterocycles. The zero-order chi connectivity index (χ0) is 13.4. The summed E-state index contributed by atoms with van der Waals surface area (Å²) in [5.74, 6) is 0.583. The SMILES string of the molecule is Cn1nncc1C=C(Cl)c1nc2ccc(Cl)cc2[nH]1. The fourth-order valence-electron chi connectivity index (χ4n) is 1.72. The minimum Gasteiger partial charge on any atom is -0.337 e. The number of halogens is 2. The first kappa shape index (κ1) is 12.2. The molecule has 3 rings (SSSR count). The number of hydrogen-bond acceptors (Lipinski definition) is 3. The molecule has 0 fully saturated rings. The Morgan fingerprint density at radius 3 is 3.00 bits per heavy atom. The summed E-state index contributed by atoms with van der Waals surface area (Å²) in [6, 6.07) is 5.44. The lowest BCUT2D eigenvalue weighted by molar-refractivity contribution is 0.709. The van der Waals surface area contributed by atoms with Crippen molar-refractivity contribution < 1.29 is 0 Å². The summed E-state index contributed by atoms with van der Waals surface area (Å²) >= 11 is 12.2. The van der Waals surface area contributed by atoms with E-state index in [1.807, 2.05) is 12.1 Å². The Morgan fingerprint density at radius 2 is 2.26 bits per heavy atom. The van der Waals surface area contributed by atoms with Gasteiger partial charge in [0, 0.05) is 12.1 Å². The minimum atomic E-state index is 0.484. The van der Waals surface area contributed by atoms with Crippen LogP contribution in [0.1, 0.15) is 11.5 Å². The van der Waals surface area contributed by atoms with Crippen LogP contribution >= 0.6 is 23.2 Å². The predicted octanol–water partition coefficient (Wildman–Crippen LogP) is 3.08. The number of fused-ring (bicyclic) bond motifs is 1. The van der Waals surface area contributed by atoms with E-state index in [4.69, 9.17) is 23.2 Å². The van der Waals surface area contributed by atoms with Crippen molar-refractivity contribution in [2.75, 3.05) is 0 Å². The highest BCUT2D eigenvalue weighted by Gasteiger charge is 2.07. The molecule has 0 bridgehead atoms. The number of aromatic nitrogens is 5. The molecule has 5 nitrogen and oxygen atoms in total. The van der Waals surface area contributed by atoms with Gasteiger partial charge < -0.3 is 4.98 Å². The van der Waals surface area contributed by atoms with Crippen molar-refractivity contribution in [3.63, 3.8) is 0 Å². The fraction of sp³-hybridized carbons (Fsp3) is 0.0833. The van der Waals surface area contributed by atoms with E-state index in [9.17, 15) is 0 Å².